The fourth-order valence-electron chi connectivity index (χ4n) is 2.57. The van der Waals surface area contributed by atoms with Crippen LogP contribution in [0.5, 0.6) is 17.2 Å². The summed E-state index contributed by atoms with van der Waals surface area (Å²) in [6, 6.07) is 12.2. The number of benzene rings is 2. The molecule has 1 aliphatic rings. The Kier molecular flexibility index (Phi) is 6.11. The number of ketones is 1. The SMILES string of the molecule is C=CCOC(=O)COc1ccc2c(c1)OC(=Cc1ccc(OCC)cc1)C2=O. The second kappa shape index (κ2) is 8.90. The average Bonchev–Trinajstić information content (AvgIpc) is 3.01. The van der Waals surface area contributed by atoms with Gasteiger partial charge in [0.15, 0.2) is 12.4 Å². The van der Waals surface area contributed by atoms with E-state index in [9.17, 15) is 9.59 Å². The second-order valence-electron chi connectivity index (χ2n) is 5.86. The molecule has 0 saturated carbocycles. The number of rotatable bonds is 8. The Morgan fingerprint density at radius 3 is 2.57 bits per heavy atom. The second-order valence-corrected chi connectivity index (χ2v) is 5.86. The van der Waals surface area contributed by atoms with Crippen molar-refractivity contribution < 1.29 is 28.5 Å². The van der Waals surface area contributed by atoms with E-state index in [4.69, 9.17) is 18.9 Å². The molecule has 6 nitrogen and oxygen atoms in total. The van der Waals surface area contributed by atoms with Gasteiger partial charge in [-0.25, -0.2) is 4.79 Å². The lowest BCUT2D eigenvalue weighted by molar-refractivity contribution is -0.144. The Labute approximate surface area is 163 Å². The van der Waals surface area contributed by atoms with Gasteiger partial charge in [-0.05, 0) is 42.8 Å². The molecule has 144 valence electrons. The average molecular weight is 380 g/mol. The van der Waals surface area contributed by atoms with Crippen LogP contribution >= 0.6 is 0 Å². The molecule has 0 unspecified atom stereocenters. The molecule has 0 atom stereocenters. The van der Waals surface area contributed by atoms with Crippen LogP contribution in [0.25, 0.3) is 6.08 Å². The first-order chi connectivity index (χ1) is 13.6. The third kappa shape index (κ3) is 4.59. The van der Waals surface area contributed by atoms with Crippen LogP contribution in [0.3, 0.4) is 0 Å². The highest BCUT2D eigenvalue weighted by Crippen LogP contribution is 2.35. The summed E-state index contributed by atoms with van der Waals surface area (Å²) in [5, 5.41) is 0. The van der Waals surface area contributed by atoms with E-state index in [0.717, 1.165) is 11.3 Å². The summed E-state index contributed by atoms with van der Waals surface area (Å²) in [6.45, 7) is 5.86. The number of Topliss-reactive ketones (excluding diaryl/α,β-unsaturated/α-hetero) is 1. The van der Waals surface area contributed by atoms with Crippen LogP contribution in [0.4, 0.5) is 0 Å². The molecule has 0 aromatic heterocycles. The van der Waals surface area contributed by atoms with Crippen molar-refractivity contribution in [3.05, 3.63) is 72.0 Å². The summed E-state index contributed by atoms with van der Waals surface area (Å²) in [7, 11) is 0. The lowest BCUT2D eigenvalue weighted by atomic mass is 10.1. The predicted molar refractivity (Wildman–Crippen MR) is 104 cm³/mol. The van der Waals surface area contributed by atoms with Gasteiger partial charge in [-0.2, -0.15) is 0 Å². The number of carbonyl (C=O) groups excluding carboxylic acids is 2. The van der Waals surface area contributed by atoms with Crippen molar-refractivity contribution in [2.24, 2.45) is 0 Å². The maximum Gasteiger partial charge on any atom is 0.344 e. The Bertz CT molecular complexity index is 911. The Morgan fingerprint density at radius 2 is 1.86 bits per heavy atom. The Hall–Kier alpha value is -3.54. The van der Waals surface area contributed by atoms with E-state index in [0.29, 0.717) is 23.7 Å². The Balaban J connectivity index is 1.68. The number of esters is 1. The summed E-state index contributed by atoms with van der Waals surface area (Å²) < 4.78 is 21.3. The lowest BCUT2D eigenvalue weighted by Gasteiger charge is -2.06. The molecule has 1 heterocycles. The van der Waals surface area contributed by atoms with Crippen LogP contribution < -0.4 is 14.2 Å². The van der Waals surface area contributed by atoms with Gasteiger partial charge in [0.25, 0.3) is 0 Å². The normalized spacial score (nSPS) is 13.6. The maximum atomic E-state index is 12.5. The van der Waals surface area contributed by atoms with Gasteiger partial charge in [-0.1, -0.05) is 24.8 Å². The van der Waals surface area contributed by atoms with Gasteiger partial charge < -0.3 is 18.9 Å². The first-order valence-corrected chi connectivity index (χ1v) is 8.81. The van der Waals surface area contributed by atoms with Crippen LogP contribution in [0.15, 0.2) is 60.9 Å². The zero-order chi connectivity index (χ0) is 19.9. The molecule has 0 fully saturated rings. The molecule has 2 aromatic carbocycles. The number of hydrogen-bond donors (Lipinski definition) is 0. The highest BCUT2D eigenvalue weighted by Gasteiger charge is 2.27. The molecule has 6 heteroatoms. The number of allylic oxidation sites excluding steroid dienone is 1. The van der Waals surface area contributed by atoms with E-state index in [1.807, 2.05) is 31.2 Å². The Morgan fingerprint density at radius 1 is 1.11 bits per heavy atom. The number of hydrogen-bond acceptors (Lipinski definition) is 6. The van der Waals surface area contributed by atoms with E-state index in [-0.39, 0.29) is 24.8 Å². The molecule has 2 aromatic rings. The zero-order valence-electron chi connectivity index (χ0n) is 15.5. The molecule has 0 radical (unpaired) electrons. The summed E-state index contributed by atoms with van der Waals surface area (Å²) in [5.74, 6) is 1.07. The summed E-state index contributed by atoms with van der Waals surface area (Å²) in [5.41, 5.74) is 1.26. The van der Waals surface area contributed by atoms with E-state index in [1.165, 1.54) is 6.08 Å². The monoisotopic (exact) mass is 380 g/mol. The van der Waals surface area contributed by atoms with Gasteiger partial charge in [0.05, 0.1) is 12.2 Å². The van der Waals surface area contributed by atoms with Gasteiger partial charge >= 0.3 is 5.97 Å². The van der Waals surface area contributed by atoms with Crippen LogP contribution in [-0.2, 0) is 9.53 Å². The third-order valence-electron chi connectivity index (χ3n) is 3.85. The largest absolute Gasteiger partial charge is 0.494 e. The van der Waals surface area contributed by atoms with E-state index in [2.05, 4.69) is 6.58 Å². The minimum atomic E-state index is -0.506. The summed E-state index contributed by atoms with van der Waals surface area (Å²) >= 11 is 0. The van der Waals surface area contributed by atoms with Gasteiger partial charge in [0.2, 0.25) is 5.78 Å². The first kappa shape index (κ1) is 19.2. The van der Waals surface area contributed by atoms with Crippen molar-refractivity contribution in [2.75, 3.05) is 19.8 Å². The molecule has 3 rings (SSSR count). The number of ether oxygens (including phenoxy) is 4. The van der Waals surface area contributed by atoms with Gasteiger partial charge in [-0.3, -0.25) is 4.79 Å². The van der Waals surface area contributed by atoms with Crippen LogP contribution in [0.2, 0.25) is 0 Å². The van der Waals surface area contributed by atoms with Crippen molar-refractivity contribution in [3.63, 3.8) is 0 Å². The van der Waals surface area contributed by atoms with Crippen molar-refractivity contribution >= 4 is 17.8 Å². The minimum Gasteiger partial charge on any atom is -0.494 e. The molecular weight excluding hydrogens is 360 g/mol. The molecule has 0 saturated heterocycles. The maximum absolute atomic E-state index is 12.5. The van der Waals surface area contributed by atoms with Crippen molar-refractivity contribution in [3.8, 4) is 17.2 Å². The first-order valence-electron chi connectivity index (χ1n) is 8.81. The molecule has 0 bridgehead atoms. The lowest BCUT2D eigenvalue weighted by Crippen LogP contribution is -2.14. The topological polar surface area (TPSA) is 71.1 Å². The fourth-order valence-corrected chi connectivity index (χ4v) is 2.57. The third-order valence-corrected chi connectivity index (χ3v) is 3.85. The van der Waals surface area contributed by atoms with E-state index >= 15 is 0 Å². The highest BCUT2D eigenvalue weighted by molar-refractivity contribution is 6.14. The molecule has 0 amide bonds. The van der Waals surface area contributed by atoms with Crippen molar-refractivity contribution in [1.82, 2.24) is 0 Å². The molecule has 0 N–H and O–H groups in total. The summed E-state index contributed by atoms with van der Waals surface area (Å²) in [6.07, 6.45) is 3.15. The molecule has 0 aliphatic carbocycles. The van der Waals surface area contributed by atoms with E-state index < -0.39 is 5.97 Å². The van der Waals surface area contributed by atoms with Gasteiger partial charge in [-0.15, -0.1) is 0 Å². The number of carbonyl (C=O) groups is 2. The quantitative estimate of drug-likeness (QED) is 0.394. The van der Waals surface area contributed by atoms with Crippen LogP contribution in [-0.4, -0.2) is 31.6 Å². The van der Waals surface area contributed by atoms with Crippen molar-refractivity contribution in [1.29, 1.82) is 0 Å². The van der Waals surface area contributed by atoms with Gasteiger partial charge in [0.1, 0.15) is 23.9 Å². The van der Waals surface area contributed by atoms with Gasteiger partial charge in [0, 0.05) is 6.07 Å². The minimum absolute atomic E-state index is 0.129. The number of fused-ring (bicyclic) bond motifs is 1. The molecular formula is C22H20O6. The standard InChI is InChI=1S/C22H20O6/c1-3-11-26-21(23)14-27-17-9-10-18-19(13-17)28-20(22(18)24)12-15-5-7-16(8-6-15)25-4-2/h3,5-10,12-13H,1,4,11,14H2,2H3. The zero-order valence-corrected chi connectivity index (χ0v) is 15.5. The highest BCUT2D eigenvalue weighted by atomic mass is 16.6. The van der Waals surface area contributed by atoms with E-state index in [1.54, 1.807) is 24.3 Å². The fraction of sp³-hybridized carbons (Fsp3) is 0.182. The summed E-state index contributed by atoms with van der Waals surface area (Å²) in [4.78, 5) is 24.0. The van der Waals surface area contributed by atoms with Crippen LogP contribution in [0, 0.1) is 0 Å². The van der Waals surface area contributed by atoms with Crippen LogP contribution in [0.1, 0.15) is 22.8 Å². The smallest absolute Gasteiger partial charge is 0.344 e. The molecule has 1 aliphatic heterocycles. The predicted octanol–water partition coefficient (Wildman–Crippen LogP) is 3.81. The molecule has 0 spiro atoms. The molecule has 28 heavy (non-hydrogen) atoms. The van der Waals surface area contributed by atoms with Crippen molar-refractivity contribution in [2.45, 2.75) is 6.92 Å².